The van der Waals surface area contributed by atoms with Crippen molar-refractivity contribution < 1.29 is 4.79 Å². The van der Waals surface area contributed by atoms with Crippen LogP contribution in [0.4, 0.5) is 0 Å². The van der Waals surface area contributed by atoms with Gasteiger partial charge in [-0.15, -0.1) is 12.4 Å². The molecule has 1 N–H and O–H groups in total. The van der Waals surface area contributed by atoms with Gasteiger partial charge in [-0.1, -0.05) is 19.9 Å². The number of nitrogens with one attached hydrogen (secondary N) is 1. The van der Waals surface area contributed by atoms with E-state index in [0.717, 1.165) is 43.0 Å². The van der Waals surface area contributed by atoms with Crippen molar-refractivity contribution in [3.8, 4) is 0 Å². The topological polar surface area (TPSA) is 49.6 Å². The maximum atomic E-state index is 13.1. The van der Waals surface area contributed by atoms with Crippen molar-refractivity contribution in [1.82, 2.24) is 19.8 Å². The lowest BCUT2D eigenvalue weighted by Crippen LogP contribution is -2.50. The van der Waals surface area contributed by atoms with E-state index in [1.165, 1.54) is 0 Å². The van der Waals surface area contributed by atoms with Gasteiger partial charge in [0.05, 0.1) is 22.8 Å². The summed E-state index contributed by atoms with van der Waals surface area (Å²) in [6.45, 7) is 9.94. The van der Waals surface area contributed by atoms with Crippen molar-refractivity contribution in [2.75, 3.05) is 26.2 Å². The molecule has 0 saturated carbocycles. The number of hydrogen-bond donors (Lipinski definition) is 1. The number of hydrogen-bond acceptors (Lipinski definition) is 4. The molecule has 1 aliphatic heterocycles. The quantitative estimate of drug-likeness (QED) is 0.871. The Morgan fingerprint density at radius 3 is 2.57 bits per heavy atom. The molecule has 2 aromatic heterocycles. The Kier molecular flexibility index (Phi) is 5.79. The highest BCUT2D eigenvalue weighted by molar-refractivity contribution is 6.06. The molecule has 3 rings (SSSR count). The summed E-state index contributed by atoms with van der Waals surface area (Å²) in [7, 11) is 0. The first kappa shape index (κ1) is 17.9. The summed E-state index contributed by atoms with van der Waals surface area (Å²) in [4.78, 5) is 15.4. The molecular formula is C17H25ClN4O. The minimum atomic E-state index is -0.104. The molecule has 0 aromatic carbocycles. The van der Waals surface area contributed by atoms with Gasteiger partial charge < -0.3 is 5.32 Å². The van der Waals surface area contributed by atoms with Crippen LogP contribution in [-0.4, -0.2) is 52.5 Å². The Balaban J connectivity index is 0.00000192. The fourth-order valence-corrected chi connectivity index (χ4v) is 3.12. The average Bonchev–Trinajstić information content (AvgIpc) is 2.94. The number of halogens is 1. The number of pyridine rings is 1. The number of rotatable bonds is 4. The number of aromatic nitrogens is 2. The van der Waals surface area contributed by atoms with E-state index in [1.807, 2.05) is 35.8 Å². The van der Waals surface area contributed by atoms with Gasteiger partial charge in [-0.3, -0.25) is 9.69 Å². The number of piperazine rings is 1. The van der Waals surface area contributed by atoms with Crippen molar-refractivity contribution in [2.45, 2.75) is 32.7 Å². The maximum Gasteiger partial charge on any atom is 0.183 e. The predicted molar refractivity (Wildman–Crippen MR) is 94.8 cm³/mol. The highest BCUT2D eigenvalue weighted by Gasteiger charge is 2.29. The standard InChI is InChI=1S/C17H24N4O.ClH/c1-12(2)16-15(14-6-4-5-9-21(14)19-16)17(22)13(3)20-10-7-18-8-11-20;/h4-6,9,12-13,18H,7-8,10-11H2,1-3H3;1H. The number of Topliss-reactive ketones (excluding diaryl/α,β-unsaturated/α-hetero) is 1. The van der Waals surface area contributed by atoms with E-state index in [4.69, 9.17) is 0 Å². The molecule has 23 heavy (non-hydrogen) atoms. The molecule has 0 aliphatic carbocycles. The van der Waals surface area contributed by atoms with Crippen LogP contribution in [0.2, 0.25) is 0 Å². The summed E-state index contributed by atoms with van der Waals surface area (Å²) in [6, 6.07) is 5.79. The van der Waals surface area contributed by atoms with Crippen LogP contribution in [0.1, 0.15) is 42.7 Å². The van der Waals surface area contributed by atoms with Crippen LogP contribution in [0.25, 0.3) is 5.52 Å². The molecule has 1 aliphatic rings. The third-order valence-electron chi connectivity index (χ3n) is 4.44. The summed E-state index contributed by atoms with van der Waals surface area (Å²) in [5.41, 5.74) is 2.61. The lowest BCUT2D eigenvalue weighted by atomic mass is 9.97. The minimum Gasteiger partial charge on any atom is -0.314 e. The first-order valence-electron chi connectivity index (χ1n) is 8.06. The van der Waals surface area contributed by atoms with Gasteiger partial charge in [-0.2, -0.15) is 5.10 Å². The maximum absolute atomic E-state index is 13.1. The second-order valence-corrected chi connectivity index (χ2v) is 6.27. The molecule has 2 aromatic rings. The monoisotopic (exact) mass is 336 g/mol. The van der Waals surface area contributed by atoms with Gasteiger partial charge in [-0.05, 0) is 25.0 Å². The van der Waals surface area contributed by atoms with E-state index in [-0.39, 0.29) is 30.2 Å². The number of carbonyl (C=O) groups excluding carboxylic acids is 1. The normalized spacial score (nSPS) is 17.2. The van der Waals surface area contributed by atoms with Crippen LogP contribution in [0, 0.1) is 0 Å². The number of fused-ring (bicyclic) bond motifs is 1. The van der Waals surface area contributed by atoms with E-state index in [0.29, 0.717) is 0 Å². The molecule has 6 heteroatoms. The molecule has 0 bridgehead atoms. The summed E-state index contributed by atoms with van der Waals surface area (Å²) < 4.78 is 1.83. The second kappa shape index (κ2) is 7.43. The molecule has 0 radical (unpaired) electrons. The zero-order valence-corrected chi connectivity index (χ0v) is 14.8. The summed E-state index contributed by atoms with van der Waals surface area (Å²) in [5.74, 6) is 0.417. The molecule has 1 saturated heterocycles. The first-order chi connectivity index (χ1) is 10.6. The summed E-state index contributed by atoms with van der Waals surface area (Å²) in [5, 5.41) is 7.96. The highest BCUT2D eigenvalue weighted by Crippen LogP contribution is 2.25. The first-order valence-corrected chi connectivity index (χ1v) is 8.06. The molecule has 3 heterocycles. The molecule has 0 spiro atoms. The van der Waals surface area contributed by atoms with Crippen LogP contribution in [-0.2, 0) is 0 Å². The summed E-state index contributed by atoms with van der Waals surface area (Å²) >= 11 is 0. The van der Waals surface area contributed by atoms with E-state index in [1.54, 1.807) is 0 Å². The number of ketones is 1. The predicted octanol–water partition coefficient (Wildman–Crippen LogP) is 2.36. The Bertz CT molecular complexity index is 676. The fourth-order valence-electron chi connectivity index (χ4n) is 3.12. The SMILES string of the molecule is CC(C)c1nn2ccccc2c1C(=O)C(C)N1CCNCC1.Cl. The van der Waals surface area contributed by atoms with Crippen LogP contribution in [0.15, 0.2) is 24.4 Å². The van der Waals surface area contributed by atoms with E-state index in [9.17, 15) is 4.79 Å². The van der Waals surface area contributed by atoms with Crippen LogP contribution >= 0.6 is 12.4 Å². The van der Waals surface area contributed by atoms with E-state index >= 15 is 0 Å². The third kappa shape index (κ3) is 3.42. The zero-order valence-electron chi connectivity index (χ0n) is 14.0. The number of carbonyl (C=O) groups is 1. The highest BCUT2D eigenvalue weighted by atomic mass is 35.5. The van der Waals surface area contributed by atoms with Crippen molar-refractivity contribution >= 4 is 23.7 Å². The zero-order chi connectivity index (χ0) is 15.7. The van der Waals surface area contributed by atoms with E-state index < -0.39 is 0 Å². The minimum absolute atomic E-state index is 0. The smallest absolute Gasteiger partial charge is 0.183 e. The fraction of sp³-hybridized carbons (Fsp3) is 0.529. The number of nitrogens with zero attached hydrogens (tertiary/aromatic N) is 3. The molecule has 1 unspecified atom stereocenters. The molecule has 5 nitrogen and oxygen atoms in total. The average molecular weight is 337 g/mol. The lowest BCUT2D eigenvalue weighted by Gasteiger charge is -2.32. The largest absolute Gasteiger partial charge is 0.314 e. The van der Waals surface area contributed by atoms with Gasteiger partial charge >= 0.3 is 0 Å². The Morgan fingerprint density at radius 2 is 1.91 bits per heavy atom. The van der Waals surface area contributed by atoms with Crippen molar-refractivity contribution in [3.63, 3.8) is 0 Å². The molecule has 1 atom stereocenters. The summed E-state index contributed by atoms with van der Waals surface area (Å²) in [6.07, 6.45) is 1.91. The van der Waals surface area contributed by atoms with Gasteiger partial charge in [-0.25, -0.2) is 4.52 Å². The van der Waals surface area contributed by atoms with Gasteiger partial charge in [0.2, 0.25) is 0 Å². The molecule has 126 valence electrons. The lowest BCUT2D eigenvalue weighted by molar-refractivity contribution is 0.0820. The van der Waals surface area contributed by atoms with Crippen molar-refractivity contribution in [3.05, 3.63) is 35.7 Å². The Hall–Kier alpha value is -1.43. The third-order valence-corrected chi connectivity index (χ3v) is 4.44. The molecule has 1 fully saturated rings. The van der Waals surface area contributed by atoms with E-state index in [2.05, 4.69) is 29.2 Å². The van der Waals surface area contributed by atoms with Gasteiger partial charge in [0.25, 0.3) is 0 Å². The molecule has 0 amide bonds. The Morgan fingerprint density at radius 1 is 1.22 bits per heavy atom. The molecular weight excluding hydrogens is 312 g/mol. The van der Waals surface area contributed by atoms with Gasteiger partial charge in [0.1, 0.15) is 0 Å². The second-order valence-electron chi connectivity index (χ2n) is 6.27. The Labute approximate surface area is 143 Å². The van der Waals surface area contributed by atoms with Crippen molar-refractivity contribution in [1.29, 1.82) is 0 Å². The van der Waals surface area contributed by atoms with Crippen LogP contribution < -0.4 is 5.32 Å². The van der Waals surface area contributed by atoms with Crippen LogP contribution in [0.3, 0.4) is 0 Å². The van der Waals surface area contributed by atoms with Gasteiger partial charge in [0, 0.05) is 32.4 Å². The van der Waals surface area contributed by atoms with Crippen molar-refractivity contribution in [2.24, 2.45) is 0 Å². The van der Waals surface area contributed by atoms with Crippen LogP contribution in [0.5, 0.6) is 0 Å². The van der Waals surface area contributed by atoms with Gasteiger partial charge in [0.15, 0.2) is 5.78 Å².